The maximum atomic E-state index is 13.2. The number of terminal acetylenes is 1. The van der Waals surface area contributed by atoms with Crippen LogP contribution in [0.1, 0.15) is 87.4 Å². The van der Waals surface area contributed by atoms with E-state index in [0.717, 1.165) is 59.4 Å². The molecule has 1 N–H and O–H groups in total. The van der Waals surface area contributed by atoms with Crippen molar-refractivity contribution in [2.45, 2.75) is 95.1 Å². The standard InChI is InChI=1S/C33H37F3N2O2/c1-3-5-6-27-16-25-17-28(40-33(34,35)36)11-12-29(25)31(38(27)30(39)4-2)24-7-9-26(10-8-24)37-32-18-21-13-22(19-32)15-23(14-21)20-32/h2,7-12,17,21-23,27,31,37H,3,5-6,13-16,18-20H2,1H3/t21?,22?,23?,27-,31-,32?/m0/s1. The number of amides is 1. The molecular formula is C33H37F3N2O2. The molecule has 40 heavy (non-hydrogen) atoms. The number of nitrogens with one attached hydrogen (secondary N) is 1. The average Bonchev–Trinajstić information content (AvgIpc) is 2.89. The van der Waals surface area contributed by atoms with Crippen LogP contribution in [0.2, 0.25) is 0 Å². The van der Waals surface area contributed by atoms with Gasteiger partial charge in [-0.15, -0.1) is 19.6 Å². The van der Waals surface area contributed by atoms with E-state index in [4.69, 9.17) is 6.42 Å². The van der Waals surface area contributed by atoms with E-state index >= 15 is 0 Å². The molecule has 2 aromatic rings. The van der Waals surface area contributed by atoms with Crippen molar-refractivity contribution in [1.82, 2.24) is 4.90 Å². The number of unbranched alkanes of at least 4 members (excludes halogenated alkanes) is 1. The number of alkyl halides is 3. The Morgan fingerprint density at radius 3 is 2.30 bits per heavy atom. The normalized spacial score (nSPS) is 30.5. The maximum Gasteiger partial charge on any atom is 0.573 e. The van der Waals surface area contributed by atoms with Crippen molar-refractivity contribution in [3.05, 3.63) is 59.2 Å². The van der Waals surface area contributed by atoms with E-state index in [-0.39, 0.29) is 17.3 Å². The first-order chi connectivity index (χ1) is 19.1. The third kappa shape index (κ3) is 5.30. The molecule has 4 aliphatic carbocycles. The fourth-order valence-electron chi connectivity index (χ4n) is 8.63. The Morgan fingerprint density at radius 2 is 1.73 bits per heavy atom. The number of fused-ring (bicyclic) bond motifs is 1. The molecule has 4 saturated carbocycles. The molecule has 1 aliphatic heterocycles. The van der Waals surface area contributed by atoms with Crippen LogP contribution in [-0.2, 0) is 11.2 Å². The molecule has 1 heterocycles. The van der Waals surface area contributed by atoms with Gasteiger partial charge in [0.2, 0.25) is 0 Å². The zero-order valence-electron chi connectivity index (χ0n) is 23.0. The molecule has 7 rings (SSSR count). The summed E-state index contributed by atoms with van der Waals surface area (Å²) in [6, 6.07) is 12.0. The highest BCUT2D eigenvalue weighted by Crippen LogP contribution is 2.56. The van der Waals surface area contributed by atoms with Crippen LogP contribution in [0.3, 0.4) is 0 Å². The lowest BCUT2D eigenvalue weighted by Gasteiger charge is -2.57. The molecule has 7 heteroatoms. The Balaban J connectivity index is 1.32. The molecule has 0 spiro atoms. The van der Waals surface area contributed by atoms with Crippen LogP contribution in [0.15, 0.2) is 42.5 Å². The van der Waals surface area contributed by atoms with Crippen LogP contribution in [0.25, 0.3) is 0 Å². The number of benzene rings is 2. The summed E-state index contributed by atoms with van der Waals surface area (Å²) < 4.78 is 43.2. The predicted molar refractivity (Wildman–Crippen MR) is 149 cm³/mol. The summed E-state index contributed by atoms with van der Waals surface area (Å²) in [5.74, 6) is 4.19. The molecule has 0 unspecified atom stereocenters. The zero-order chi connectivity index (χ0) is 28.1. The summed E-state index contributed by atoms with van der Waals surface area (Å²) in [7, 11) is 0. The lowest BCUT2D eigenvalue weighted by atomic mass is 9.53. The first-order valence-electron chi connectivity index (χ1n) is 14.7. The van der Waals surface area contributed by atoms with Gasteiger partial charge in [0.25, 0.3) is 5.91 Å². The van der Waals surface area contributed by atoms with Crippen LogP contribution in [0.4, 0.5) is 18.9 Å². The molecule has 2 aromatic carbocycles. The SMILES string of the molecule is C#CC(=O)N1[C@@H](CCCC)Cc2cc(OC(F)(F)F)ccc2[C@@H]1c1ccc(NC23CC4CC(CC(C4)C2)C3)cc1. The summed E-state index contributed by atoms with van der Waals surface area (Å²) in [5.41, 5.74) is 3.69. The lowest BCUT2D eigenvalue weighted by molar-refractivity contribution is -0.274. The molecule has 0 saturated heterocycles. The number of nitrogens with zero attached hydrogens (tertiary/aromatic N) is 1. The number of hydrogen-bond acceptors (Lipinski definition) is 3. The highest BCUT2D eigenvalue weighted by atomic mass is 19.4. The summed E-state index contributed by atoms with van der Waals surface area (Å²) in [4.78, 5) is 14.9. The van der Waals surface area contributed by atoms with Gasteiger partial charge in [-0.1, -0.05) is 38.0 Å². The average molecular weight is 551 g/mol. The molecule has 0 aromatic heterocycles. The van der Waals surface area contributed by atoms with Gasteiger partial charge >= 0.3 is 6.36 Å². The quantitative estimate of drug-likeness (QED) is 0.361. The monoisotopic (exact) mass is 550 g/mol. The Bertz CT molecular complexity index is 1260. The maximum absolute atomic E-state index is 13.2. The minimum absolute atomic E-state index is 0.180. The second-order valence-electron chi connectivity index (χ2n) is 12.6. The van der Waals surface area contributed by atoms with Crippen LogP contribution in [-0.4, -0.2) is 28.8 Å². The number of ether oxygens (including phenoxy) is 1. The van der Waals surface area contributed by atoms with E-state index in [0.29, 0.717) is 6.42 Å². The number of halogens is 3. The molecule has 4 fully saturated rings. The Morgan fingerprint density at radius 1 is 1.07 bits per heavy atom. The molecule has 2 atom stereocenters. The van der Waals surface area contributed by atoms with Gasteiger partial charge in [-0.05, 0) is 116 Å². The van der Waals surface area contributed by atoms with Crippen molar-refractivity contribution in [2.24, 2.45) is 17.8 Å². The van der Waals surface area contributed by atoms with Gasteiger partial charge in [-0.25, -0.2) is 0 Å². The molecule has 1 amide bonds. The topological polar surface area (TPSA) is 41.6 Å². The van der Waals surface area contributed by atoms with Gasteiger partial charge in [0.1, 0.15) is 5.75 Å². The molecule has 5 aliphatic rings. The molecular weight excluding hydrogens is 513 g/mol. The number of carbonyl (C=O) groups excluding carboxylic acids is 1. The van der Waals surface area contributed by atoms with E-state index in [1.165, 1.54) is 50.7 Å². The fourth-order valence-corrected chi connectivity index (χ4v) is 8.63. The van der Waals surface area contributed by atoms with Gasteiger partial charge in [-0.3, -0.25) is 4.79 Å². The Labute approximate surface area is 234 Å². The van der Waals surface area contributed by atoms with Crippen molar-refractivity contribution in [2.75, 3.05) is 5.32 Å². The second-order valence-corrected chi connectivity index (χ2v) is 12.6. The summed E-state index contributed by atoms with van der Waals surface area (Å²) >= 11 is 0. The fraction of sp³-hybridized carbons (Fsp3) is 0.545. The van der Waals surface area contributed by atoms with Gasteiger partial charge < -0.3 is 15.0 Å². The van der Waals surface area contributed by atoms with Crippen molar-refractivity contribution in [3.63, 3.8) is 0 Å². The molecule has 4 bridgehead atoms. The number of carbonyl (C=O) groups is 1. The summed E-state index contributed by atoms with van der Waals surface area (Å²) in [6.45, 7) is 2.08. The Hall–Kier alpha value is -3.14. The van der Waals surface area contributed by atoms with Crippen molar-refractivity contribution in [1.29, 1.82) is 0 Å². The van der Waals surface area contributed by atoms with Crippen molar-refractivity contribution in [3.8, 4) is 18.1 Å². The van der Waals surface area contributed by atoms with Crippen LogP contribution < -0.4 is 10.1 Å². The number of rotatable bonds is 7. The van der Waals surface area contributed by atoms with E-state index in [9.17, 15) is 18.0 Å². The smallest absolute Gasteiger partial charge is 0.406 e. The van der Waals surface area contributed by atoms with Gasteiger partial charge in [-0.2, -0.15) is 0 Å². The molecule has 4 nitrogen and oxygen atoms in total. The van der Waals surface area contributed by atoms with Crippen molar-refractivity contribution >= 4 is 11.6 Å². The van der Waals surface area contributed by atoms with E-state index < -0.39 is 18.3 Å². The third-order valence-corrected chi connectivity index (χ3v) is 9.69. The van der Waals surface area contributed by atoms with E-state index in [1.807, 2.05) is 12.1 Å². The number of anilines is 1. The minimum atomic E-state index is -4.77. The second kappa shape index (κ2) is 10.4. The van der Waals surface area contributed by atoms with Crippen molar-refractivity contribution < 1.29 is 22.7 Å². The van der Waals surface area contributed by atoms with Gasteiger partial charge in [0.15, 0.2) is 0 Å². The molecule has 212 valence electrons. The minimum Gasteiger partial charge on any atom is -0.406 e. The first-order valence-corrected chi connectivity index (χ1v) is 14.7. The molecule has 0 radical (unpaired) electrons. The summed E-state index contributed by atoms with van der Waals surface area (Å²) in [6.07, 6.45) is 11.7. The van der Waals surface area contributed by atoms with Gasteiger partial charge in [0.05, 0.1) is 6.04 Å². The van der Waals surface area contributed by atoms with Crippen LogP contribution in [0.5, 0.6) is 5.75 Å². The van der Waals surface area contributed by atoms with E-state index in [1.54, 1.807) is 11.0 Å². The third-order valence-electron chi connectivity index (χ3n) is 9.69. The predicted octanol–water partition coefficient (Wildman–Crippen LogP) is 7.63. The number of hydrogen-bond donors (Lipinski definition) is 1. The van der Waals surface area contributed by atoms with Crippen LogP contribution >= 0.6 is 0 Å². The highest BCUT2D eigenvalue weighted by molar-refractivity contribution is 5.94. The van der Waals surface area contributed by atoms with Gasteiger partial charge in [0, 0.05) is 17.3 Å². The summed E-state index contributed by atoms with van der Waals surface area (Å²) in [5, 5.41) is 3.91. The largest absolute Gasteiger partial charge is 0.573 e. The lowest BCUT2D eigenvalue weighted by Crippen LogP contribution is -2.54. The first kappa shape index (κ1) is 27.1. The van der Waals surface area contributed by atoms with Crippen LogP contribution in [0, 0.1) is 30.1 Å². The van der Waals surface area contributed by atoms with E-state index in [2.05, 4.69) is 35.0 Å². The zero-order valence-corrected chi connectivity index (χ0v) is 23.0. The Kier molecular flexibility index (Phi) is 7.01. The highest BCUT2D eigenvalue weighted by Gasteiger charge is 2.51.